The smallest absolute Gasteiger partial charge is 0.258 e. The Bertz CT molecular complexity index is 586. The Morgan fingerprint density at radius 3 is 2.53 bits per heavy atom. The molecule has 2 aromatic rings. The van der Waals surface area contributed by atoms with Crippen LogP contribution in [0.25, 0.3) is 11.1 Å². The molecule has 0 bridgehead atoms. The van der Waals surface area contributed by atoms with Crippen molar-refractivity contribution in [3.05, 3.63) is 62.1 Å². The zero-order valence-electron chi connectivity index (χ0n) is 8.56. The molecular weight excluding hydrogens is 305 g/mol. The van der Waals surface area contributed by atoms with Gasteiger partial charge in [-0.2, -0.15) is 0 Å². The maximum atomic E-state index is 10.9. The lowest BCUT2D eigenvalue weighted by Gasteiger charge is -2.06. The Labute approximate surface area is 111 Å². The van der Waals surface area contributed by atoms with Crippen LogP contribution in [0.5, 0.6) is 0 Å². The normalized spacial score (nSPS) is 10.2. The van der Waals surface area contributed by atoms with Gasteiger partial charge in [-0.05, 0) is 24.3 Å². The fourth-order valence-electron chi connectivity index (χ4n) is 1.56. The summed E-state index contributed by atoms with van der Waals surface area (Å²) in [5.41, 5.74) is 1.33. The first-order chi connectivity index (χ1) is 8.09. The van der Waals surface area contributed by atoms with Gasteiger partial charge in [-0.1, -0.05) is 39.7 Å². The first kappa shape index (κ1) is 12.1. The van der Waals surface area contributed by atoms with Crippen molar-refractivity contribution >= 4 is 33.2 Å². The van der Waals surface area contributed by atoms with Crippen molar-refractivity contribution in [3.8, 4) is 11.1 Å². The number of rotatable bonds is 2. The molecule has 0 N–H and O–H groups in total. The summed E-state index contributed by atoms with van der Waals surface area (Å²) < 4.78 is 0.774. The lowest BCUT2D eigenvalue weighted by Crippen LogP contribution is -1.92. The number of hydrogen-bond acceptors (Lipinski definition) is 2. The highest BCUT2D eigenvalue weighted by Crippen LogP contribution is 2.36. The first-order valence-corrected chi connectivity index (χ1v) is 5.95. The van der Waals surface area contributed by atoms with E-state index in [0.717, 1.165) is 4.47 Å². The third-order valence-electron chi connectivity index (χ3n) is 2.32. The van der Waals surface area contributed by atoms with Crippen LogP contribution in [0.3, 0.4) is 0 Å². The van der Waals surface area contributed by atoms with Gasteiger partial charge in [-0.25, -0.2) is 0 Å². The Balaban J connectivity index is 2.68. The van der Waals surface area contributed by atoms with Gasteiger partial charge in [-0.3, -0.25) is 10.1 Å². The molecule has 0 aliphatic heterocycles. The molecule has 0 saturated heterocycles. The lowest BCUT2D eigenvalue weighted by molar-refractivity contribution is -0.384. The molecule has 0 aliphatic rings. The fraction of sp³-hybridized carbons (Fsp3) is 0. The van der Waals surface area contributed by atoms with Crippen LogP contribution in [0.2, 0.25) is 5.02 Å². The van der Waals surface area contributed by atoms with Gasteiger partial charge in [0, 0.05) is 21.1 Å². The van der Waals surface area contributed by atoms with Crippen LogP contribution < -0.4 is 0 Å². The lowest BCUT2D eigenvalue weighted by atomic mass is 10.0. The summed E-state index contributed by atoms with van der Waals surface area (Å²) in [5, 5.41) is 11.5. The zero-order valence-corrected chi connectivity index (χ0v) is 10.9. The topological polar surface area (TPSA) is 43.1 Å². The summed E-state index contributed by atoms with van der Waals surface area (Å²) in [6.45, 7) is 0. The van der Waals surface area contributed by atoms with Gasteiger partial charge in [0.15, 0.2) is 0 Å². The molecule has 5 heteroatoms. The van der Waals surface area contributed by atoms with Gasteiger partial charge in [0.05, 0.1) is 10.5 Å². The van der Waals surface area contributed by atoms with Gasteiger partial charge in [0.25, 0.3) is 5.69 Å². The van der Waals surface area contributed by atoms with Crippen molar-refractivity contribution in [2.45, 2.75) is 0 Å². The van der Waals surface area contributed by atoms with Gasteiger partial charge in [0.1, 0.15) is 0 Å². The minimum Gasteiger partial charge on any atom is -0.258 e. The number of para-hydroxylation sites is 1. The maximum Gasteiger partial charge on any atom is 0.277 e. The van der Waals surface area contributed by atoms with Crippen molar-refractivity contribution in [2.24, 2.45) is 0 Å². The average Bonchev–Trinajstić information content (AvgIpc) is 2.32. The second kappa shape index (κ2) is 4.85. The average molecular weight is 313 g/mol. The molecule has 0 heterocycles. The number of benzene rings is 2. The van der Waals surface area contributed by atoms with Crippen molar-refractivity contribution in [3.63, 3.8) is 0 Å². The minimum absolute atomic E-state index is 0.0652. The van der Waals surface area contributed by atoms with E-state index in [-0.39, 0.29) is 5.69 Å². The highest BCUT2D eigenvalue weighted by Gasteiger charge is 2.16. The van der Waals surface area contributed by atoms with E-state index < -0.39 is 4.92 Å². The number of nitro benzene ring substituents is 1. The number of hydrogen-bond donors (Lipinski definition) is 0. The first-order valence-electron chi connectivity index (χ1n) is 4.78. The van der Waals surface area contributed by atoms with Crippen LogP contribution in [-0.4, -0.2) is 4.92 Å². The Morgan fingerprint density at radius 1 is 1.12 bits per heavy atom. The molecule has 3 nitrogen and oxygen atoms in total. The molecular formula is C12H7BrClNO2. The Hall–Kier alpha value is -1.39. The molecule has 0 saturated carbocycles. The van der Waals surface area contributed by atoms with Crippen molar-refractivity contribution in [1.29, 1.82) is 0 Å². The van der Waals surface area contributed by atoms with Crippen LogP contribution in [0, 0.1) is 10.1 Å². The maximum absolute atomic E-state index is 10.9. The van der Waals surface area contributed by atoms with Gasteiger partial charge < -0.3 is 0 Å². The van der Waals surface area contributed by atoms with E-state index in [1.54, 1.807) is 36.4 Å². The van der Waals surface area contributed by atoms with Crippen LogP contribution in [-0.2, 0) is 0 Å². The summed E-state index contributed by atoms with van der Waals surface area (Å²) in [6.07, 6.45) is 0. The standard InChI is InChI=1S/C12H7BrClNO2/c13-11-6-5-8(14)7-10(11)9-3-1-2-4-12(9)15(16)17/h1-7H. The van der Waals surface area contributed by atoms with Gasteiger partial charge in [-0.15, -0.1) is 0 Å². The van der Waals surface area contributed by atoms with Crippen LogP contribution >= 0.6 is 27.5 Å². The second-order valence-electron chi connectivity index (χ2n) is 3.40. The van der Waals surface area contributed by atoms with E-state index in [1.165, 1.54) is 6.07 Å². The summed E-state index contributed by atoms with van der Waals surface area (Å²) in [7, 11) is 0. The van der Waals surface area contributed by atoms with Crippen LogP contribution in [0.1, 0.15) is 0 Å². The van der Waals surface area contributed by atoms with E-state index >= 15 is 0 Å². The number of halogens is 2. The molecule has 17 heavy (non-hydrogen) atoms. The predicted molar refractivity (Wildman–Crippen MR) is 71.2 cm³/mol. The molecule has 0 radical (unpaired) electrons. The Kier molecular flexibility index (Phi) is 3.45. The van der Waals surface area contributed by atoms with E-state index in [4.69, 9.17) is 11.6 Å². The van der Waals surface area contributed by atoms with Gasteiger partial charge >= 0.3 is 0 Å². The molecule has 0 amide bonds. The van der Waals surface area contributed by atoms with E-state index in [0.29, 0.717) is 16.1 Å². The van der Waals surface area contributed by atoms with Crippen molar-refractivity contribution in [2.75, 3.05) is 0 Å². The summed E-state index contributed by atoms with van der Waals surface area (Å²) in [5.74, 6) is 0. The minimum atomic E-state index is -0.400. The third kappa shape index (κ3) is 2.48. The third-order valence-corrected chi connectivity index (χ3v) is 3.25. The molecule has 0 fully saturated rings. The summed E-state index contributed by atoms with van der Waals surface area (Å²) >= 11 is 9.28. The molecule has 0 unspecified atom stereocenters. The highest BCUT2D eigenvalue weighted by atomic mass is 79.9. The van der Waals surface area contributed by atoms with Crippen LogP contribution in [0.15, 0.2) is 46.9 Å². The van der Waals surface area contributed by atoms with Crippen molar-refractivity contribution < 1.29 is 4.92 Å². The van der Waals surface area contributed by atoms with E-state index in [1.807, 2.05) is 0 Å². The molecule has 0 aliphatic carbocycles. The number of nitrogens with zero attached hydrogens (tertiary/aromatic N) is 1. The monoisotopic (exact) mass is 311 g/mol. The fourth-order valence-corrected chi connectivity index (χ4v) is 2.20. The SMILES string of the molecule is O=[N+]([O-])c1ccccc1-c1cc(Cl)ccc1Br. The summed E-state index contributed by atoms with van der Waals surface area (Å²) in [6, 6.07) is 11.8. The molecule has 2 rings (SSSR count). The zero-order chi connectivity index (χ0) is 12.4. The molecule has 86 valence electrons. The summed E-state index contributed by atoms with van der Waals surface area (Å²) in [4.78, 5) is 10.5. The van der Waals surface area contributed by atoms with Crippen LogP contribution in [0.4, 0.5) is 5.69 Å². The second-order valence-corrected chi connectivity index (χ2v) is 4.69. The largest absolute Gasteiger partial charge is 0.277 e. The molecule has 0 aromatic heterocycles. The van der Waals surface area contributed by atoms with Gasteiger partial charge in [0.2, 0.25) is 0 Å². The molecule has 2 aromatic carbocycles. The Morgan fingerprint density at radius 2 is 1.82 bits per heavy atom. The van der Waals surface area contributed by atoms with E-state index in [2.05, 4.69) is 15.9 Å². The predicted octanol–water partition coefficient (Wildman–Crippen LogP) is 4.68. The highest BCUT2D eigenvalue weighted by molar-refractivity contribution is 9.10. The molecule has 0 spiro atoms. The van der Waals surface area contributed by atoms with E-state index in [9.17, 15) is 10.1 Å². The van der Waals surface area contributed by atoms with Crippen molar-refractivity contribution in [1.82, 2.24) is 0 Å². The number of nitro groups is 1. The molecule has 0 atom stereocenters. The quantitative estimate of drug-likeness (QED) is 0.597.